The van der Waals surface area contributed by atoms with Crippen molar-refractivity contribution in [3.05, 3.63) is 12.1 Å². The van der Waals surface area contributed by atoms with Gasteiger partial charge >= 0.3 is 0 Å². The van der Waals surface area contributed by atoms with Crippen molar-refractivity contribution in [2.75, 3.05) is 34.6 Å². The van der Waals surface area contributed by atoms with Crippen LogP contribution in [0.15, 0.2) is 26.4 Å². The zero-order chi connectivity index (χ0) is 14.2. The molecule has 6 nitrogen and oxygen atoms in total. The molecule has 1 aliphatic heterocycles. The molecule has 0 N–H and O–H groups in total. The van der Waals surface area contributed by atoms with Crippen LogP contribution in [0.2, 0.25) is 0 Å². The molecule has 0 spiro atoms. The standard InChI is InChI=1S/C12H17N3O3S/c1-15(2)12-13-8-6-9(17-3)10(18-4)7-11(8)19(5,16)14-12/h6-7H,1-5H3. The van der Waals surface area contributed by atoms with Crippen molar-refractivity contribution in [3.8, 4) is 11.5 Å². The lowest BCUT2D eigenvalue weighted by Crippen LogP contribution is -2.23. The van der Waals surface area contributed by atoms with Gasteiger partial charge in [-0.3, -0.25) is 0 Å². The van der Waals surface area contributed by atoms with E-state index in [9.17, 15) is 4.21 Å². The van der Waals surface area contributed by atoms with Gasteiger partial charge in [0.15, 0.2) is 11.5 Å². The highest BCUT2D eigenvalue weighted by molar-refractivity contribution is 7.93. The van der Waals surface area contributed by atoms with Crippen LogP contribution in [-0.4, -0.2) is 49.6 Å². The summed E-state index contributed by atoms with van der Waals surface area (Å²) in [5.41, 5.74) is 0.601. The van der Waals surface area contributed by atoms with Gasteiger partial charge in [-0.15, -0.1) is 0 Å². The number of aliphatic imine (C=N–C) groups is 1. The Morgan fingerprint density at radius 1 is 1.16 bits per heavy atom. The fraction of sp³-hybridized carbons (Fsp3) is 0.417. The Balaban J connectivity index is 2.73. The number of nitrogens with zero attached hydrogens (tertiary/aromatic N) is 3. The van der Waals surface area contributed by atoms with Gasteiger partial charge < -0.3 is 14.4 Å². The van der Waals surface area contributed by atoms with E-state index in [0.29, 0.717) is 28.0 Å². The minimum absolute atomic E-state index is 0.437. The monoisotopic (exact) mass is 283 g/mol. The molecule has 7 heteroatoms. The molecule has 2 rings (SSSR count). The first-order valence-corrected chi connectivity index (χ1v) is 7.55. The smallest absolute Gasteiger partial charge is 0.234 e. The van der Waals surface area contributed by atoms with Crippen LogP contribution in [0.3, 0.4) is 0 Å². The molecular formula is C12H17N3O3S. The number of guanidine groups is 1. The van der Waals surface area contributed by atoms with Crippen molar-refractivity contribution in [3.63, 3.8) is 0 Å². The molecule has 1 unspecified atom stereocenters. The van der Waals surface area contributed by atoms with Crippen LogP contribution in [0.1, 0.15) is 0 Å². The molecule has 19 heavy (non-hydrogen) atoms. The molecule has 1 atom stereocenters. The summed E-state index contributed by atoms with van der Waals surface area (Å²) in [6.07, 6.45) is 1.59. The highest BCUT2D eigenvalue weighted by Gasteiger charge is 2.22. The van der Waals surface area contributed by atoms with Crippen LogP contribution in [-0.2, 0) is 9.73 Å². The first kappa shape index (κ1) is 13.7. The van der Waals surface area contributed by atoms with E-state index < -0.39 is 9.73 Å². The van der Waals surface area contributed by atoms with E-state index in [1.165, 1.54) is 7.11 Å². The van der Waals surface area contributed by atoms with Gasteiger partial charge in [-0.1, -0.05) is 0 Å². The summed E-state index contributed by atoms with van der Waals surface area (Å²) in [4.78, 5) is 6.68. The fourth-order valence-electron chi connectivity index (χ4n) is 1.76. The molecular weight excluding hydrogens is 266 g/mol. The minimum Gasteiger partial charge on any atom is -0.493 e. The van der Waals surface area contributed by atoms with E-state index in [1.807, 2.05) is 14.1 Å². The lowest BCUT2D eigenvalue weighted by atomic mass is 10.3. The molecule has 1 heterocycles. The van der Waals surface area contributed by atoms with Crippen LogP contribution in [0, 0.1) is 0 Å². The summed E-state index contributed by atoms with van der Waals surface area (Å²) in [6, 6.07) is 3.39. The van der Waals surface area contributed by atoms with Gasteiger partial charge in [0, 0.05) is 32.5 Å². The van der Waals surface area contributed by atoms with Crippen molar-refractivity contribution in [2.45, 2.75) is 4.90 Å². The summed E-state index contributed by atoms with van der Waals surface area (Å²) in [5.74, 6) is 1.52. The Kier molecular flexibility index (Phi) is 3.40. The van der Waals surface area contributed by atoms with Crippen LogP contribution in [0.25, 0.3) is 0 Å². The maximum Gasteiger partial charge on any atom is 0.234 e. The molecule has 0 saturated heterocycles. The van der Waals surface area contributed by atoms with Gasteiger partial charge in [0.2, 0.25) is 5.96 Å². The second-order valence-electron chi connectivity index (χ2n) is 4.37. The quantitative estimate of drug-likeness (QED) is 0.829. The Morgan fingerprint density at radius 3 is 2.26 bits per heavy atom. The van der Waals surface area contributed by atoms with Gasteiger partial charge in [-0.2, -0.15) is 4.36 Å². The lowest BCUT2D eigenvalue weighted by Gasteiger charge is -2.20. The molecule has 104 valence electrons. The lowest BCUT2D eigenvalue weighted by molar-refractivity contribution is 0.354. The fourth-order valence-corrected chi connectivity index (χ4v) is 3.19. The molecule has 0 aliphatic carbocycles. The number of methoxy groups -OCH3 is 2. The first-order valence-electron chi connectivity index (χ1n) is 5.63. The molecule has 0 saturated carbocycles. The number of hydrogen-bond acceptors (Lipinski definition) is 6. The summed E-state index contributed by atoms with van der Waals surface area (Å²) in [7, 11) is 4.18. The maximum absolute atomic E-state index is 12.6. The Morgan fingerprint density at radius 2 is 1.74 bits per heavy atom. The number of benzene rings is 1. The molecule has 1 aliphatic rings. The molecule has 0 fully saturated rings. The van der Waals surface area contributed by atoms with Crippen molar-refractivity contribution in [2.24, 2.45) is 9.36 Å². The van der Waals surface area contributed by atoms with E-state index in [0.717, 1.165) is 0 Å². The van der Waals surface area contributed by atoms with E-state index in [2.05, 4.69) is 9.36 Å². The third-order valence-corrected chi connectivity index (χ3v) is 4.40. The SMILES string of the molecule is COc1cc2c(cc1OC)S(C)(=O)=NC(N(C)C)=N2. The molecule has 1 aromatic rings. The first-order chi connectivity index (χ1) is 8.89. The van der Waals surface area contributed by atoms with Gasteiger partial charge in [0.1, 0.15) is 0 Å². The summed E-state index contributed by atoms with van der Waals surface area (Å²) in [6.45, 7) is 0. The second-order valence-corrected chi connectivity index (χ2v) is 6.60. The van der Waals surface area contributed by atoms with E-state index in [1.54, 1.807) is 30.4 Å². The average Bonchev–Trinajstić information content (AvgIpc) is 2.36. The van der Waals surface area contributed by atoms with E-state index >= 15 is 0 Å². The van der Waals surface area contributed by atoms with Crippen molar-refractivity contribution in [1.29, 1.82) is 0 Å². The van der Waals surface area contributed by atoms with Gasteiger partial charge in [-0.25, -0.2) is 9.20 Å². The third kappa shape index (κ3) is 2.37. The Bertz CT molecular complexity index is 658. The Labute approximate surface area is 113 Å². The van der Waals surface area contributed by atoms with Crippen LogP contribution in [0.5, 0.6) is 11.5 Å². The normalized spacial score (nSPS) is 21.0. The average molecular weight is 283 g/mol. The van der Waals surface area contributed by atoms with Crippen LogP contribution in [0.4, 0.5) is 5.69 Å². The number of hydrogen-bond donors (Lipinski definition) is 0. The summed E-state index contributed by atoms with van der Waals surface area (Å²) >= 11 is 0. The zero-order valence-corrected chi connectivity index (χ0v) is 12.4. The van der Waals surface area contributed by atoms with Crippen LogP contribution >= 0.6 is 0 Å². The number of rotatable bonds is 2. The Hall–Kier alpha value is -1.76. The highest BCUT2D eigenvalue weighted by atomic mass is 32.2. The van der Waals surface area contributed by atoms with Gasteiger partial charge in [-0.05, 0) is 0 Å². The predicted molar refractivity (Wildman–Crippen MR) is 75.1 cm³/mol. The van der Waals surface area contributed by atoms with Gasteiger partial charge in [0.05, 0.1) is 34.5 Å². The minimum atomic E-state index is -2.53. The second kappa shape index (κ2) is 4.73. The molecule has 0 radical (unpaired) electrons. The number of ether oxygens (including phenoxy) is 2. The molecule has 1 aromatic carbocycles. The predicted octanol–water partition coefficient (Wildman–Crippen LogP) is 1.72. The van der Waals surface area contributed by atoms with Crippen molar-refractivity contribution in [1.82, 2.24) is 4.90 Å². The maximum atomic E-state index is 12.6. The zero-order valence-electron chi connectivity index (χ0n) is 11.6. The topological polar surface area (TPSA) is 63.5 Å². The molecule has 0 bridgehead atoms. The summed E-state index contributed by atoms with van der Waals surface area (Å²) < 4.78 is 27.3. The molecule has 0 amide bonds. The van der Waals surface area contributed by atoms with E-state index in [-0.39, 0.29) is 0 Å². The van der Waals surface area contributed by atoms with Crippen molar-refractivity contribution >= 4 is 21.4 Å². The van der Waals surface area contributed by atoms with Crippen LogP contribution < -0.4 is 9.47 Å². The van der Waals surface area contributed by atoms with Gasteiger partial charge in [0.25, 0.3) is 0 Å². The van der Waals surface area contributed by atoms with E-state index in [4.69, 9.17) is 9.47 Å². The summed E-state index contributed by atoms with van der Waals surface area (Å²) in [5, 5.41) is 0. The molecule has 0 aromatic heterocycles. The highest BCUT2D eigenvalue weighted by Crippen LogP contribution is 2.39. The number of fused-ring (bicyclic) bond motifs is 1. The third-order valence-electron chi connectivity index (χ3n) is 2.75. The van der Waals surface area contributed by atoms with Crippen molar-refractivity contribution < 1.29 is 13.7 Å². The largest absolute Gasteiger partial charge is 0.493 e.